The molecule has 96 valence electrons. The highest BCUT2D eigenvalue weighted by atomic mass is 19.3. The van der Waals surface area contributed by atoms with Crippen molar-refractivity contribution >= 4 is 0 Å². The van der Waals surface area contributed by atoms with Gasteiger partial charge in [0.2, 0.25) is 0 Å². The van der Waals surface area contributed by atoms with Crippen molar-refractivity contribution in [2.45, 2.75) is 32.2 Å². The number of aromatic nitrogens is 2. The highest BCUT2D eigenvalue weighted by molar-refractivity contribution is 5.20. The minimum absolute atomic E-state index is 0.0356. The van der Waals surface area contributed by atoms with E-state index < -0.39 is 5.92 Å². The van der Waals surface area contributed by atoms with E-state index in [9.17, 15) is 8.78 Å². The molecule has 0 spiro atoms. The Labute approximate surface area is 105 Å². The molecule has 0 aliphatic carbocycles. The molecule has 2 aromatic rings. The van der Waals surface area contributed by atoms with E-state index in [2.05, 4.69) is 4.98 Å². The zero-order valence-electron chi connectivity index (χ0n) is 10.5. The third-order valence-electron chi connectivity index (χ3n) is 2.83. The lowest BCUT2D eigenvalue weighted by molar-refractivity contribution is -0.0231. The predicted molar refractivity (Wildman–Crippen MR) is 66.7 cm³/mol. The summed E-state index contributed by atoms with van der Waals surface area (Å²) >= 11 is 0. The summed E-state index contributed by atoms with van der Waals surface area (Å²) in [5.74, 6) is -2.07. The van der Waals surface area contributed by atoms with Gasteiger partial charge >= 0.3 is 0 Å². The minimum atomic E-state index is -2.88. The van der Waals surface area contributed by atoms with E-state index in [-0.39, 0.29) is 18.0 Å². The second-order valence-electron chi connectivity index (χ2n) is 4.64. The van der Waals surface area contributed by atoms with Gasteiger partial charge in [0, 0.05) is 23.9 Å². The molecule has 0 aliphatic heterocycles. The Balaban J connectivity index is 2.25. The van der Waals surface area contributed by atoms with Crippen molar-refractivity contribution in [1.82, 2.24) is 9.55 Å². The number of imidazole rings is 1. The maximum Gasteiger partial charge on any atom is 0.290 e. The van der Waals surface area contributed by atoms with Gasteiger partial charge in [-0.1, -0.05) is 44.2 Å². The Morgan fingerprint density at radius 3 is 2.50 bits per heavy atom. The van der Waals surface area contributed by atoms with Crippen molar-refractivity contribution in [2.75, 3.05) is 0 Å². The number of hydrogen-bond donors (Lipinski definition) is 0. The Hall–Kier alpha value is -1.71. The van der Waals surface area contributed by atoms with Crippen LogP contribution in [0.25, 0.3) is 0 Å². The van der Waals surface area contributed by atoms with Gasteiger partial charge in [-0.15, -0.1) is 0 Å². The van der Waals surface area contributed by atoms with Gasteiger partial charge in [-0.3, -0.25) is 0 Å². The molecule has 0 aliphatic rings. The first-order valence-electron chi connectivity index (χ1n) is 5.95. The Kier molecular flexibility index (Phi) is 3.45. The number of halogens is 2. The molecule has 0 atom stereocenters. The van der Waals surface area contributed by atoms with Crippen molar-refractivity contribution in [1.29, 1.82) is 0 Å². The molecule has 2 nitrogen and oxygen atoms in total. The van der Waals surface area contributed by atoms with Gasteiger partial charge in [-0.05, 0) is 0 Å². The number of hydrogen-bond acceptors (Lipinski definition) is 1. The van der Waals surface area contributed by atoms with E-state index in [0.29, 0.717) is 5.82 Å². The molecule has 0 N–H and O–H groups in total. The Bertz CT molecular complexity index is 504. The highest BCUT2D eigenvalue weighted by Crippen LogP contribution is 2.30. The smallest absolute Gasteiger partial charge is 0.290 e. The van der Waals surface area contributed by atoms with E-state index in [4.69, 9.17) is 0 Å². The average molecular weight is 250 g/mol. The van der Waals surface area contributed by atoms with Gasteiger partial charge in [0.1, 0.15) is 5.82 Å². The van der Waals surface area contributed by atoms with Crippen LogP contribution >= 0.6 is 0 Å². The fourth-order valence-electron chi connectivity index (χ4n) is 1.94. The summed E-state index contributed by atoms with van der Waals surface area (Å²) in [6.07, 6.45) is 3.17. The first kappa shape index (κ1) is 12.7. The van der Waals surface area contributed by atoms with E-state index in [1.54, 1.807) is 30.6 Å². The number of alkyl halides is 2. The van der Waals surface area contributed by atoms with Crippen LogP contribution in [0.1, 0.15) is 31.2 Å². The maximum atomic E-state index is 14.1. The molecular weight excluding hydrogens is 234 g/mol. The first-order chi connectivity index (χ1) is 8.50. The summed E-state index contributed by atoms with van der Waals surface area (Å²) in [5.41, 5.74) is 0.0356. The lowest BCUT2D eigenvalue weighted by atomic mass is 10.1. The normalized spacial score (nSPS) is 12.1. The molecule has 18 heavy (non-hydrogen) atoms. The monoisotopic (exact) mass is 250 g/mol. The highest BCUT2D eigenvalue weighted by Gasteiger charge is 2.32. The van der Waals surface area contributed by atoms with Crippen molar-refractivity contribution < 1.29 is 8.78 Å². The molecule has 0 saturated carbocycles. The molecule has 4 heteroatoms. The molecule has 0 bridgehead atoms. The van der Waals surface area contributed by atoms with Gasteiger partial charge in [0.15, 0.2) is 0 Å². The van der Waals surface area contributed by atoms with E-state index in [1.165, 1.54) is 16.7 Å². The molecule has 0 fully saturated rings. The van der Waals surface area contributed by atoms with Crippen LogP contribution in [0.5, 0.6) is 0 Å². The SMILES string of the molecule is CC(C)c1nccn1CC(F)(F)c1ccccc1. The molecule has 0 saturated heterocycles. The lowest BCUT2D eigenvalue weighted by Gasteiger charge is -2.19. The van der Waals surface area contributed by atoms with E-state index in [0.717, 1.165) is 0 Å². The number of rotatable bonds is 4. The topological polar surface area (TPSA) is 17.8 Å². The van der Waals surface area contributed by atoms with E-state index in [1.807, 2.05) is 13.8 Å². The second-order valence-corrected chi connectivity index (χ2v) is 4.64. The summed E-state index contributed by atoms with van der Waals surface area (Å²) in [7, 11) is 0. The number of nitrogens with zero attached hydrogens (tertiary/aromatic N) is 2. The summed E-state index contributed by atoms with van der Waals surface area (Å²) in [6.45, 7) is 3.52. The van der Waals surface area contributed by atoms with Crippen LogP contribution in [0.15, 0.2) is 42.7 Å². The van der Waals surface area contributed by atoms with Gasteiger partial charge in [-0.25, -0.2) is 4.98 Å². The van der Waals surface area contributed by atoms with Crippen LogP contribution in [-0.4, -0.2) is 9.55 Å². The van der Waals surface area contributed by atoms with Crippen molar-refractivity contribution in [2.24, 2.45) is 0 Å². The molecule has 0 amide bonds. The minimum Gasteiger partial charge on any atom is -0.328 e. The number of benzene rings is 1. The second kappa shape index (κ2) is 4.88. The van der Waals surface area contributed by atoms with Gasteiger partial charge < -0.3 is 4.57 Å². The van der Waals surface area contributed by atoms with Crippen molar-refractivity contribution in [3.8, 4) is 0 Å². The Morgan fingerprint density at radius 1 is 1.22 bits per heavy atom. The molecule has 1 heterocycles. The average Bonchev–Trinajstić information content (AvgIpc) is 2.78. The molecule has 0 unspecified atom stereocenters. The van der Waals surface area contributed by atoms with Gasteiger partial charge in [0.25, 0.3) is 5.92 Å². The third-order valence-corrected chi connectivity index (χ3v) is 2.83. The van der Waals surface area contributed by atoms with Crippen LogP contribution in [0.2, 0.25) is 0 Å². The molecule has 1 aromatic heterocycles. The van der Waals surface area contributed by atoms with Crippen LogP contribution < -0.4 is 0 Å². The standard InChI is InChI=1S/C14H16F2N2/c1-11(2)13-17-8-9-18(13)10-14(15,16)12-6-4-3-5-7-12/h3-9,11H,10H2,1-2H3. The van der Waals surface area contributed by atoms with Crippen LogP contribution in [0.4, 0.5) is 8.78 Å². The molecular formula is C14H16F2N2. The zero-order chi connectivity index (χ0) is 13.2. The zero-order valence-corrected chi connectivity index (χ0v) is 10.5. The fourth-order valence-corrected chi connectivity index (χ4v) is 1.94. The first-order valence-corrected chi connectivity index (χ1v) is 5.95. The predicted octanol–water partition coefficient (Wildman–Crippen LogP) is 3.80. The van der Waals surface area contributed by atoms with Crippen molar-refractivity contribution in [3.63, 3.8) is 0 Å². The van der Waals surface area contributed by atoms with Crippen LogP contribution in [0.3, 0.4) is 0 Å². The van der Waals surface area contributed by atoms with Crippen LogP contribution in [-0.2, 0) is 12.5 Å². The summed E-state index contributed by atoms with van der Waals surface area (Å²) in [4.78, 5) is 4.12. The summed E-state index contributed by atoms with van der Waals surface area (Å²) < 4.78 is 29.8. The van der Waals surface area contributed by atoms with E-state index >= 15 is 0 Å². The summed E-state index contributed by atoms with van der Waals surface area (Å²) in [5, 5.41) is 0. The summed E-state index contributed by atoms with van der Waals surface area (Å²) in [6, 6.07) is 7.88. The Morgan fingerprint density at radius 2 is 1.89 bits per heavy atom. The van der Waals surface area contributed by atoms with Crippen LogP contribution in [0, 0.1) is 0 Å². The lowest BCUT2D eigenvalue weighted by Crippen LogP contribution is -2.22. The molecule has 1 aromatic carbocycles. The largest absolute Gasteiger partial charge is 0.328 e. The third kappa shape index (κ3) is 2.58. The quantitative estimate of drug-likeness (QED) is 0.807. The van der Waals surface area contributed by atoms with Gasteiger partial charge in [0.05, 0.1) is 6.54 Å². The van der Waals surface area contributed by atoms with Crippen molar-refractivity contribution in [3.05, 3.63) is 54.1 Å². The molecule has 2 rings (SSSR count). The van der Waals surface area contributed by atoms with Gasteiger partial charge in [-0.2, -0.15) is 8.78 Å². The maximum absolute atomic E-state index is 14.1. The fraction of sp³-hybridized carbons (Fsp3) is 0.357. The molecule has 0 radical (unpaired) electrons.